The van der Waals surface area contributed by atoms with E-state index in [-0.39, 0.29) is 0 Å². The van der Waals surface area contributed by atoms with Crippen molar-refractivity contribution in [1.82, 2.24) is 30.0 Å². The number of hydrogen-bond acceptors (Lipinski definition) is 7. The van der Waals surface area contributed by atoms with Gasteiger partial charge in [-0.15, -0.1) is 5.10 Å². The fourth-order valence-electron chi connectivity index (χ4n) is 3.30. The van der Waals surface area contributed by atoms with Gasteiger partial charge in [0.25, 0.3) is 0 Å². The Hall–Kier alpha value is -1.80. The van der Waals surface area contributed by atoms with E-state index < -0.39 is 5.60 Å². The zero-order valence-corrected chi connectivity index (χ0v) is 13.4. The summed E-state index contributed by atoms with van der Waals surface area (Å²) in [6.07, 6.45) is 6.20. The van der Waals surface area contributed by atoms with E-state index in [9.17, 15) is 5.11 Å². The molecule has 124 valence electrons. The van der Waals surface area contributed by atoms with Gasteiger partial charge >= 0.3 is 0 Å². The number of aryl methyl sites for hydroxylation is 1. The van der Waals surface area contributed by atoms with E-state index in [0.29, 0.717) is 24.8 Å². The number of nitrogens with zero attached hydrogens (tertiary/aromatic N) is 6. The first-order valence-electron chi connectivity index (χ1n) is 8.22. The Labute approximate surface area is 134 Å². The van der Waals surface area contributed by atoms with Crippen LogP contribution in [0.25, 0.3) is 0 Å². The standard InChI is InChI=1S/C15H22N6O2/c1-20-12(8-16-19-20)9-21-6-2-5-15(22,10-21)7-13-17-14(18-23-13)11-3-4-11/h8,11,22H,2-7,9-10H2,1H3. The van der Waals surface area contributed by atoms with E-state index in [1.165, 1.54) is 0 Å². The summed E-state index contributed by atoms with van der Waals surface area (Å²) in [5, 5.41) is 22.8. The first-order chi connectivity index (χ1) is 11.1. The van der Waals surface area contributed by atoms with Crippen LogP contribution in [0.1, 0.15) is 49.0 Å². The van der Waals surface area contributed by atoms with Crippen LogP contribution in [-0.4, -0.2) is 53.8 Å². The number of hydrogen-bond donors (Lipinski definition) is 1. The van der Waals surface area contributed by atoms with Crippen LogP contribution in [0.4, 0.5) is 0 Å². The quantitative estimate of drug-likeness (QED) is 0.865. The third kappa shape index (κ3) is 3.28. The van der Waals surface area contributed by atoms with Crippen molar-refractivity contribution < 1.29 is 9.63 Å². The fraction of sp³-hybridized carbons (Fsp3) is 0.733. The number of aromatic nitrogens is 5. The van der Waals surface area contributed by atoms with Crippen molar-refractivity contribution in [1.29, 1.82) is 0 Å². The second-order valence-electron chi connectivity index (χ2n) is 6.88. The Morgan fingerprint density at radius 1 is 1.43 bits per heavy atom. The molecule has 23 heavy (non-hydrogen) atoms. The third-order valence-electron chi connectivity index (χ3n) is 4.73. The molecule has 1 atom stereocenters. The van der Waals surface area contributed by atoms with Gasteiger partial charge in [0.2, 0.25) is 5.89 Å². The lowest BCUT2D eigenvalue weighted by Crippen LogP contribution is -2.49. The topological polar surface area (TPSA) is 93.1 Å². The summed E-state index contributed by atoms with van der Waals surface area (Å²) in [7, 11) is 1.89. The Balaban J connectivity index is 1.41. The van der Waals surface area contributed by atoms with Crippen molar-refractivity contribution in [3.05, 3.63) is 23.6 Å². The maximum atomic E-state index is 10.9. The molecule has 1 unspecified atom stereocenters. The molecular weight excluding hydrogens is 296 g/mol. The van der Waals surface area contributed by atoms with E-state index in [0.717, 1.165) is 50.3 Å². The Morgan fingerprint density at radius 3 is 3.04 bits per heavy atom. The first kappa shape index (κ1) is 14.8. The van der Waals surface area contributed by atoms with Gasteiger partial charge in [-0.2, -0.15) is 4.98 Å². The van der Waals surface area contributed by atoms with Crippen molar-refractivity contribution in [3.63, 3.8) is 0 Å². The molecule has 1 saturated heterocycles. The van der Waals surface area contributed by atoms with Crippen LogP contribution in [0.5, 0.6) is 0 Å². The van der Waals surface area contributed by atoms with Gasteiger partial charge in [0.1, 0.15) is 0 Å². The zero-order chi connectivity index (χ0) is 15.9. The van der Waals surface area contributed by atoms with Gasteiger partial charge in [0.05, 0.1) is 23.9 Å². The predicted octanol–water partition coefficient (Wildman–Crippen LogP) is 0.645. The lowest BCUT2D eigenvalue weighted by Gasteiger charge is -2.38. The van der Waals surface area contributed by atoms with E-state index in [4.69, 9.17) is 4.52 Å². The monoisotopic (exact) mass is 318 g/mol. The molecule has 2 aliphatic rings. The van der Waals surface area contributed by atoms with Crippen LogP contribution >= 0.6 is 0 Å². The molecule has 4 rings (SSSR count). The van der Waals surface area contributed by atoms with Gasteiger partial charge in [-0.3, -0.25) is 9.58 Å². The Kier molecular flexibility index (Phi) is 3.65. The Bertz CT molecular complexity index is 679. The van der Waals surface area contributed by atoms with E-state index in [1.807, 2.05) is 7.05 Å². The van der Waals surface area contributed by atoms with Gasteiger partial charge in [-0.25, -0.2) is 0 Å². The molecule has 2 aromatic rings. The first-order valence-corrected chi connectivity index (χ1v) is 8.22. The normalized spacial score (nSPS) is 25.8. The van der Waals surface area contributed by atoms with Crippen molar-refractivity contribution >= 4 is 0 Å². The summed E-state index contributed by atoms with van der Waals surface area (Å²) in [5.41, 5.74) is 0.237. The molecule has 1 N–H and O–H groups in total. The molecule has 2 fully saturated rings. The minimum Gasteiger partial charge on any atom is -0.388 e. The van der Waals surface area contributed by atoms with Gasteiger partial charge < -0.3 is 9.63 Å². The second-order valence-corrected chi connectivity index (χ2v) is 6.88. The minimum atomic E-state index is -0.808. The van der Waals surface area contributed by atoms with Crippen LogP contribution in [0.2, 0.25) is 0 Å². The van der Waals surface area contributed by atoms with Crippen molar-refractivity contribution in [2.24, 2.45) is 7.05 Å². The predicted molar refractivity (Wildman–Crippen MR) is 80.4 cm³/mol. The smallest absolute Gasteiger partial charge is 0.229 e. The number of rotatable bonds is 5. The number of aliphatic hydroxyl groups is 1. The van der Waals surface area contributed by atoms with Crippen LogP contribution in [0, 0.1) is 0 Å². The van der Waals surface area contributed by atoms with Gasteiger partial charge in [-0.05, 0) is 32.2 Å². The van der Waals surface area contributed by atoms with E-state index in [2.05, 4.69) is 25.4 Å². The lowest BCUT2D eigenvalue weighted by atomic mass is 9.89. The molecule has 1 aliphatic heterocycles. The van der Waals surface area contributed by atoms with E-state index >= 15 is 0 Å². The molecule has 8 heteroatoms. The summed E-state index contributed by atoms with van der Waals surface area (Å²) in [5.74, 6) is 1.83. The minimum absolute atomic E-state index is 0.423. The summed E-state index contributed by atoms with van der Waals surface area (Å²) in [6.45, 7) is 2.30. The summed E-state index contributed by atoms with van der Waals surface area (Å²) in [6, 6.07) is 0. The number of piperidine rings is 1. The molecular formula is C15H22N6O2. The number of likely N-dealkylation sites (tertiary alicyclic amines) is 1. The molecule has 0 bridgehead atoms. The van der Waals surface area contributed by atoms with Gasteiger partial charge in [0, 0.05) is 26.1 Å². The molecule has 0 amide bonds. The third-order valence-corrected chi connectivity index (χ3v) is 4.73. The van der Waals surface area contributed by atoms with Crippen molar-refractivity contribution in [2.45, 2.75) is 50.2 Å². The largest absolute Gasteiger partial charge is 0.388 e. The summed E-state index contributed by atoms with van der Waals surface area (Å²) >= 11 is 0. The molecule has 0 radical (unpaired) electrons. The van der Waals surface area contributed by atoms with Crippen LogP contribution in [0.15, 0.2) is 10.7 Å². The van der Waals surface area contributed by atoms with Crippen LogP contribution < -0.4 is 0 Å². The van der Waals surface area contributed by atoms with Gasteiger partial charge in [-0.1, -0.05) is 10.4 Å². The molecule has 0 spiro atoms. The number of β-amino-alcohol motifs (C(OH)–C–C–N with tert-alkyl or cyclic N) is 1. The van der Waals surface area contributed by atoms with E-state index in [1.54, 1.807) is 10.9 Å². The van der Waals surface area contributed by atoms with Crippen molar-refractivity contribution in [2.75, 3.05) is 13.1 Å². The van der Waals surface area contributed by atoms with Gasteiger partial charge in [0.15, 0.2) is 5.82 Å². The fourth-order valence-corrected chi connectivity index (χ4v) is 3.30. The highest BCUT2D eigenvalue weighted by molar-refractivity contribution is 5.05. The molecule has 1 aliphatic carbocycles. The average Bonchev–Trinajstić information content (AvgIpc) is 3.14. The van der Waals surface area contributed by atoms with Crippen LogP contribution in [-0.2, 0) is 20.0 Å². The average molecular weight is 318 g/mol. The molecule has 2 aromatic heterocycles. The highest BCUT2D eigenvalue weighted by Crippen LogP contribution is 2.38. The molecule has 3 heterocycles. The summed E-state index contributed by atoms with van der Waals surface area (Å²) in [4.78, 5) is 6.68. The van der Waals surface area contributed by atoms with Crippen molar-refractivity contribution in [3.8, 4) is 0 Å². The SMILES string of the molecule is Cn1nncc1CN1CCCC(O)(Cc2nc(C3CC3)no2)C1. The van der Waals surface area contributed by atoms with Crippen LogP contribution in [0.3, 0.4) is 0 Å². The second kappa shape index (κ2) is 5.68. The maximum Gasteiger partial charge on any atom is 0.229 e. The summed E-state index contributed by atoms with van der Waals surface area (Å²) < 4.78 is 7.10. The molecule has 1 saturated carbocycles. The highest BCUT2D eigenvalue weighted by Gasteiger charge is 2.36. The molecule has 0 aromatic carbocycles. The highest BCUT2D eigenvalue weighted by atomic mass is 16.5. The maximum absolute atomic E-state index is 10.9. The zero-order valence-electron chi connectivity index (χ0n) is 13.4. The molecule has 8 nitrogen and oxygen atoms in total. The lowest BCUT2D eigenvalue weighted by molar-refractivity contribution is -0.0379. The Morgan fingerprint density at radius 2 is 2.30 bits per heavy atom.